The zero-order chi connectivity index (χ0) is 13.5. The van der Waals surface area contributed by atoms with Crippen molar-refractivity contribution in [2.24, 2.45) is 0 Å². The highest BCUT2D eigenvalue weighted by Gasteiger charge is 2.29. The van der Waals surface area contributed by atoms with Gasteiger partial charge in [-0.2, -0.15) is 0 Å². The first kappa shape index (κ1) is 15.7. The van der Waals surface area contributed by atoms with Crippen molar-refractivity contribution in [1.82, 2.24) is 4.90 Å². The van der Waals surface area contributed by atoms with Gasteiger partial charge >= 0.3 is 6.09 Å². The average Bonchev–Trinajstić information content (AvgIpc) is 2.63. The number of carbonyl (C=O) groups excluding carboxylic acids is 2. The monoisotopic (exact) mass is 249 g/mol. The number of rotatable bonds is 1. The second-order valence-electron chi connectivity index (χ2n) is 4.64. The number of ether oxygens (including phenoxy) is 2. The Kier molecular flexibility index (Phi) is 6.53. The van der Waals surface area contributed by atoms with Crippen LogP contribution < -0.4 is 0 Å². The number of nitrogens with zero attached hydrogens (tertiary/aromatic N) is 1. The van der Waals surface area contributed by atoms with E-state index in [1.807, 2.05) is 0 Å². The molecule has 0 N–H and O–H groups in total. The molecule has 0 aromatic heterocycles. The molecular formula is C11H20FNO4. The molecule has 0 saturated carbocycles. The number of likely N-dealkylation sites (tertiary alicyclic amines) is 1. The zero-order valence-corrected chi connectivity index (χ0v) is 10.7. The van der Waals surface area contributed by atoms with Gasteiger partial charge in [0, 0.05) is 6.54 Å². The van der Waals surface area contributed by atoms with Crippen LogP contribution in [0.1, 0.15) is 27.2 Å². The fourth-order valence-electron chi connectivity index (χ4n) is 1.21. The predicted molar refractivity (Wildman–Crippen MR) is 60.4 cm³/mol. The molecule has 1 aliphatic rings. The average molecular weight is 249 g/mol. The molecular weight excluding hydrogens is 229 g/mol. The van der Waals surface area contributed by atoms with Crippen molar-refractivity contribution < 1.29 is 23.5 Å². The largest absolute Gasteiger partial charge is 0.471 e. The Hall–Kier alpha value is -1.33. The van der Waals surface area contributed by atoms with E-state index in [1.165, 1.54) is 12.0 Å². The van der Waals surface area contributed by atoms with Crippen LogP contribution >= 0.6 is 0 Å². The van der Waals surface area contributed by atoms with E-state index < -0.39 is 17.9 Å². The summed E-state index contributed by atoms with van der Waals surface area (Å²) in [5.41, 5.74) is -0.495. The van der Waals surface area contributed by atoms with Crippen molar-refractivity contribution in [3.05, 3.63) is 0 Å². The minimum atomic E-state index is -0.882. The predicted octanol–water partition coefficient (Wildman–Crippen LogP) is 1.75. The highest BCUT2D eigenvalue weighted by Crippen LogP contribution is 2.16. The quantitative estimate of drug-likeness (QED) is 0.664. The van der Waals surface area contributed by atoms with Crippen LogP contribution in [-0.4, -0.2) is 49.4 Å². The van der Waals surface area contributed by atoms with E-state index in [0.29, 0.717) is 19.4 Å². The Balaban J connectivity index is 0.000000557. The fourth-order valence-corrected chi connectivity index (χ4v) is 1.21. The zero-order valence-electron chi connectivity index (χ0n) is 10.7. The second kappa shape index (κ2) is 7.09. The van der Waals surface area contributed by atoms with Crippen LogP contribution in [0.5, 0.6) is 0 Å². The first-order valence-corrected chi connectivity index (χ1v) is 5.38. The van der Waals surface area contributed by atoms with Gasteiger partial charge in [-0.15, -0.1) is 0 Å². The van der Waals surface area contributed by atoms with E-state index in [4.69, 9.17) is 9.53 Å². The third kappa shape index (κ3) is 7.54. The SMILES string of the molecule is CC(C)(C)OC(=O)N1CCC(F)C1.COC=O. The Morgan fingerprint density at radius 1 is 1.47 bits per heavy atom. The number of methoxy groups -OCH3 is 1. The Morgan fingerprint density at radius 3 is 2.29 bits per heavy atom. The summed E-state index contributed by atoms with van der Waals surface area (Å²) < 4.78 is 21.7. The summed E-state index contributed by atoms with van der Waals surface area (Å²) in [7, 11) is 1.31. The summed E-state index contributed by atoms with van der Waals surface area (Å²) in [6, 6.07) is 0. The minimum Gasteiger partial charge on any atom is -0.471 e. The second-order valence-corrected chi connectivity index (χ2v) is 4.64. The molecule has 6 heteroatoms. The smallest absolute Gasteiger partial charge is 0.410 e. The number of hydrogen-bond acceptors (Lipinski definition) is 4. The van der Waals surface area contributed by atoms with Crippen LogP contribution in [0.2, 0.25) is 0 Å². The highest BCUT2D eigenvalue weighted by molar-refractivity contribution is 5.68. The Labute approximate surface area is 101 Å². The standard InChI is InChI=1S/C9H16FNO2.C2H4O2/c1-9(2,3)13-8(12)11-5-4-7(10)6-11;1-4-2-3/h7H,4-6H2,1-3H3;2H,1H3. The van der Waals surface area contributed by atoms with E-state index >= 15 is 0 Å². The maximum Gasteiger partial charge on any atom is 0.410 e. The van der Waals surface area contributed by atoms with Crippen LogP contribution in [0.4, 0.5) is 9.18 Å². The van der Waals surface area contributed by atoms with Crippen LogP contribution in [0.15, 0.2) is 0 Å². The van der Waals surface area contributed by atoms with Crippen LogP contribution in [0.3, 0.4) is 0 Å². The molecule has 0 aliphatic carbocycles. The van der Waals surface area contributed by atoms with Gasteiger partial charge in [-0.3, -0.25) is 4.79 Å². The van der Waals surface area contributed by atoms with E-state index in [2.05, 4.69) is 4.74 Å². The van der Waals surface area contributed by atoms with Crippen molar-refractivity contribution in [3.63, 3.8) is 0 Å². The van der Waals surface area contributed by atoms with E-state index in [-0.39, 0.29) is 6.54 Å². The van der Waals surface area contributed by atoms with Gasteiger partial charge in [-0.1, -0.05) is 0 Å². The summed E-state index contributed by atoms with van der Waals surface area (Å²) in [5, 5.41) is 0. The van der Waals surface area contributed by atoms with Gasteiger partial charge in [-0.25, -0.2) is 9.18 Å². The lowest BCUT2D eigenvalue weighted by atomic mass is 10.2. The van der Waals surface area contributed by atoms with Crippen molar-refractivity contribution in [1.29, 1.82) is 0 Å². The van der Waals surface area contributed by atoms with Gasteiger partial charge in [0.2, 0.25) is 0 Å². The van der Waals surface area contributed by atoms with Crippen molar-refractivity contribution >= 4 is 12.6 Å². The van der Waals surface area contributed by atoms with Crippen LogP contribution in [0, 0.1) is 0 Å². The van der Waals surface area contributed by atoms with Crippen molar-refractivity contribution in [2.45, 2.75) is 39.0 Å². The maximum atomic E-state index is 12.7. The molecule has 17 heavy (non-hydrogen) atoms. The normalized spacial score (nSPS) is 19.1. The van der Waals surface area contributed by atoms with Gasteiger partial charge in [-0.05, 0) is 27.2 Å². The molecule has 1 fully saturated rings. The summed E-state index contributed by atoms with van der Waals surface area (Å²) >= 11 is 0. The third-order valence-corrected chi connectivity index (χ3v) is 1.88. The molecule has 1 amide bonds. The highest BCUT2D eigenvalue weighted by atomic mass is 19.1. The van der Waals surface area contributed by atoms with Crippen LogP contribution in [0.25, 0.3) is 0 Å². The summed E-state index contributed by atoms with van der Waals surface area (Å²) in [6.07, 6.45) is -0.862. The molecule has 1 heterocycles. The molecule has 1 rings (SSSR count). The number of amides is 1. The first-order chi connectivity index (χ1) is 7.80. The molecule has 1 atom stereocenters. The van der Waals surface area contributed by atoms with Crippen molar-refractivity contribution in [3.8, 4) is 0 Å². The Morgan fingerprint density at radius 2 is 2.00 bits per heavy atom. The fraction of sp³-hybridized carbons (Fsp3) is 0.818. The van der Waals surface area contributed by atoms with Crippen LogP contribution in [-0.2, 0) is 14.3 Å². The van der Waals surface area contributed by atoms with Gasteiger partial charge in [0.25, 0.3) is 6.47 Å². The van der Waals surface area contributed by atoms with Crippen molar-refractivity contribution in [2.75, 3.05) is 20.2 Å². The first-order valence-electron chi connectivity index (χ1n) is 5.38. The lowest BCUT2D eigenvalue weighted by molar-refractivity contribution is -0.126. The number of hydrogen-bond donors (Lipinski definition) is 0. The van der Waals surface area contributed by atoms with E-state index in [9.17, 15) is 9.18 Å². The summed E-state index contributed by atoms with van der Waals surface area (Å²) in [6.45, 7) is 6.42. The molecule has 0 spiro atoms. The number of carbonyl (C=O) groups is 2. The number of alkyl halides is 1. The minimum absolute atomic E-state index is 0.176. The molecule has 1 saturated heterocycles. The Bertz CT molecular complexity index is 252. The molecule has 0 aromatic carbocycles. The van der Waals surface area contributed by atoms with Gasteiger partial charge in [0.15, 0.2) is 0 Å². The third-order valence-electron chi connectivity index (χ3n) is 1.88. The van der Waals surface area contributed by atoms with Gasteiger partial charge in [0.05, 0.1) is 13.7 Å². The molecule has 1 aliphatic heterocycles. The maximum absolute atomic E-state index is 12.7. The molecule has 100 valence electrons. The van der Waals surface area contributed by atoms with E-state index in [0.717, 1.165) is 0 Å². The lowest BCUT2D eigenvalue weighted by Crippen LogP contribution is -2.35. The summed E-state index contributed by atoms with van der Waals surface area (Å²) in [5.74, 6) is 0. The lowest BCUT2D eigenvalue weighted by Gasteiger charge is -2.23. The molecule has 5 nitrogen and oxygen atoms in total. The molecule has 0 radical (unpaired) electrons. The molecule has 0 bridgehead atoms. The molecule has 1 unspecified atom stereocenters. The summed E-state index contributed by atoms with van der Waals surface area (Å²) in [4.78, 5) is 21.7. The van der Waals surface area contributed by atoms with E-state index in [1.54, 1.807) is 20.8 Å². The topological polar surface area (TPSA) is 55.8 Å². The molecule has 0 aromatic rings. The number of halogens is 1. The van der Waals surface area contributed by atoms with Gasteiger partial charge in [0.1, 0.15) is 11.8 Å². The van der Waals surface area contributed by atoms with Gasteiger partial charge < -0.3 is 14.4 Å².